The van der Waals surface area contributed by atoms with Crippen molar-refractivity contribution in [3.8, 4) is 0 Å². The van der Waals surface area contributed by atoms with Gasteiger partial charge in [0, 0.05) is 0 Å². The molecule has 0 heterocycles. The maximum absolute atomic E-state index is 2.39. The van der Waals surface area contributed by atoms with Gasteiger partial charge in [-0.15, -0.1) is 0 Å². The van der Waals surface area contributed by atoms with E-state index in [-0.39, 0.29) is 54.1 Å². The van der Waals surface area contributed by atoms with Crippen LogP contribution in [0.1, 0.15) is 263 Å². The molecule has 480 valence electrons. The van der Waals surface area contributed by atoms with E-state index in [2.05, 4.69) is 390 Å². The van der Waals surface area contributed by atoms with Gasteiger partial charge in [-0.2, -0.15) is 0 Å². The average molecular weight is 1200 g/mol. The summed E-state index contributed by atoms with van der Waals surface area (Å²) in [5.41, 5.74) is 16.4. The first-order valence-electron chi connectivity index (χ1n) is 33.7. The van der Waals surface area contributed by atoms with E-state index in [1.165, 1.54) is 109 Å². The first-order valence-corrected chi connectivity index (χ1v) is 33.7. The van der Waals surface area contributed by atoms with E-state index in [9.17, 15) is 0 Å². The van der Waals surface area contributed by atoms with Gasteiger partial charge in [0.25, 0.3) is 0 Å². The minimum absolute atomic E-state index is 0.170. The Hall–Kier alpha value is -6.50. The molecule has 0 atom stereocenters. The zero-order chi connectivity index (χ0) is 67.8. The summed E-state index contributed by atoms with van der Waals surface area (Å²) in [6, 6.07) is 67.4. The Morgan fingerprint density at radius 2 is 0.433 bits per heavy atom. The predicted molar refractivity (Wildman–Crippen MR) is 407 cm³/mol. The molecule has 0 saturated carbocycles. The lowest BCUT2D eigenvalue weighted by Gasteiger charge is -2.31. The lowest BCUT2D eigenvalue weighted by molar-refractivity contribution is 0.531. The molecule has 10 aromatic rings. The zero-order valence-electron chi connectivity index (χ0n) is 62.3. The number of rotatable bonds is 0. The van der Waals surface area contributed by atoms with Gasteiger partial charge in [-0.1, -0.05) is 390 Å². The van der Waals surface area contributed by atoms with E-state index >= 15 is 0 Å². The highest BCUT2D eigenvalue weighted by atomic mass is 14.3. The van der Waals surface area contributed by atoms with Crippen LogP contribution in [-0.4, -0.2) is 0 Å². The summed E-state index contributed by atoms with van der Waals surface area (Å²) in [6.45, 7) is 68.5. The predicted octanol–water partition coefficient (Wildman–Crippen LogP) is 27.2. The molecule has 10 rings (SSSR count). The molecule has 0 nitrogen and oxygen atoms in total. The third-order valence-corrected chi connectivity index (χ3v) is 17.7. The van der Waals surface area contributed by atoms with Gasteiger partial charge in [-0.3, -0.25) is 0 Å². The van der Waals surface area contributed by atoms with Gasteiger partial charge in [0.2, 0.25) is 0 Å². The first kappa shape index (κ1) is 72.6. The van der Waals surface area contributed by atoms with E-state index in [1.807, 2.05) is 0 Å². The molecule has 0 bridgehead atoms. The van der Waals surface area contributed by atoms with Crippen molar-refractivity contribution in [3.05, 3.63) is 238 Å². The lowest BCUT2D eigenvalue weighted by Crippen LogP contribution is -2.22. The summed E-state index contributed by atoms with van der Waals surface area (Å²) in [4.78, 5) is 0. The van der Waals surface area contributed by atoms with Crippen molar-refractivity contribution >= 4 is 53.9 Å². The molecule has 0 amide bonds. The second-order valence-electron chi connectivity index (χ2n) is 36.3. The molecule has 0 radical (unpaired) electrons. The second-order valence-corrected chi connectivity index (χ2v) is 36.3. The van der Waals surface area contributed by atoms with Crippen LogP contribution >= 0.6 is 0 Å². The molecular formula is C90H120. The Labute approximate surface area is 550 Å². The molecule has 0 aliphatic rings. The lowest BCUT2D eigenvalue weighted by atomic mass is 9.73. The highest BCUT2D eigenvalue weighted by molar-refractivity contribution is 5.90. The normalized spacial score (nSPS) is 13.0. The summed E-state index contributed by atoms with van der Waals surface area (Å²) in [7, 11) is 0. The minimum atomic E-state index is 0.170. The van der Waals surface area contributed by atoms with Crippen LogP contribution in [0, 0.1) is 0 Å². The maximum Gasteiger partial charge on any atom is -0.0123 e. The second kappa shape index (κ2) is 26.6. The quantitative estimate of drug-likeness (QED) is 0.142. The molecule has 0 aromatic heterocycles. The van der Waals surface area contributed by atoms with Crippen molar-refractivity contribution in [2.75, 3.05) is 0 Å². The molecule has 0 unspecified atom stereocenters. The molecule has 90 heavy (non-hydrogen) atoms. The summed E-state index contributed by atoms with van der Waals surface area (Å²) < 4.78 is 0. The minimum Gasteiger partial charge on any atom is -0.0616 e. The maximum atomic E-state index is 2.39. The Morgan fingerprint density at radius 1 is 0.156 bits per heavy atom. The molecular weight excluding hydrogens is 1080 g/mol. The van der Waals surface area contributed by atoms with E-state index in [0.717, 1.165) is 0 Å². The number of benzene rings is 10. The summed E-state index contributed by atoms with van der Waals surface area (Å²) in [5.74, 6) is 0. The molecule has 10 aromatic carbocycles. The van der Waals surface area contributed by atoms with Gasteiger partial charge in [0.1, 0.15) is 0 Å². The molecule has 0 N–H and O–H groups in total. The van der Waals surface area contributed by atoms with Crippen LogP contribution in [0.2, 0.25) is 0 Å². The Morgan fingerprint density at radius 3 is 0.778 bits per heavy atom. The van der Waals surface area contributed by atoms with E-state index in [4.69, 9.17) is 0 Å². The summed E-state index contributed by atoms with van der Waals surface area (Å²) >= 11 is 0. The SMILES string of the molecule is CC(C)(C)c1cc(C(C)(C)C)c2ccccc2c1.CC(C)(C)c1cc2ccccc2cc1C(C)(C)C.CC(C)(C)c1ccc2cc(C(C)(C)C)ccc2c1.CC(C)(C)c1ccc2ccc(C(C)(C)C)cc2c1.CC(C)(C)c1ccc2ccccc2c1C(C)(C)C. The first-order chi connectivity index (χ1) is 41.0. The number of hydrogen-bond donors (Lipinski definition) is 0. The fourth-order valence-electron chi connectivity index (χ4n) is 11.9. The van der Waals surface area contributed by atoms with Gasteiger partial charge < -0.3 is 0 Å². The molecule has 0 aliphatic heterocycles. The topological polar surface area (TPSA) is 0 Å². The van der Waals surface area contributed by atoms with E-state index < -0.39 is 0 Å². The standard InChI is InChI=1S/5C18H24/c1-17(2,3)15-9-7-14-12-16(18(4,5)6)10-8-13(14)11-15;1-17(2,3)15-9-7-13-8-10-16(18(4,5)6)12-14(13)11-15;1-17(2,3)14-11-13-9-7-8-10-15(13)16(12-14)18(4,5)6;1-17(2,3)15-11-13-9-7-8-10-14(13)12-16(15)18(4,5)6;1-17(2,3)15-12-11-13-9-7-8-10-14(13)16(15)18(4,5)6/h5*7-12H,1-6H3. The molecule has 0 heteroatoms. The molecule has 0 fully saturated rings. The third-order valence-electron chi connectivity index (χ3n) is 17.7. The average Bonchev–Trinajstić information content (AvgIpc) is 0.802. The van der Waals surface area contributed by atoms with Gasteiger partial charge in [-0.25, -0.2) is 0 Å². The van der Waals surface area contributed by atoms with Crippen molar-refractivity contribution < 1.29 is 0 Å². The number of hydrogen-bond acceptors (Lipinski definition) is 0. The van der Waals surface area contributed by atoms with Gasteiger partial charge in [0.15, 0.2) is 0 Å². The summed E-state index contributed by atoms with van der Waals surface area (Å²) in [5, 5.41) is 13.5. The Bertz CT molecular complexity index is 3880. The fourth-order valence-corrected chi connectivity index (χ4v) is 11.9. The van der Waals surface area contributed by atoms with E-state index in [0.29, 0.717) is 0 Å². The Kier molecular flexibility index (Phi) is 21.5. The van der Waals surface area contributed by atoms with Crippen LogP contribution in [0.25, 0.3) is 53.9 Å². The highest BCUT2D eigenvalue weighted by Gasteiger charge is 2.29. The van der Waals surface area contributed by atoms with Crippen LogP contribution in [0.4, 0.5) is 0 Å². The van der Waals surface area contributed by atoms with Crippen molar-refractivity contribution in [3.63, 3.8) is 0 Å². The fraction of sp³-hybridized carbons (Fsp3) is 0.444. The van der Waals surface area contributed by atoms with Gasteiger partial charge >= 0.3 is 0 Å². The molecule has 0 spiro atoms. The third kappa shape index (κ3) is 18.8. The van der Waals surface area contributed by atoms with Gasteiger partial charge in [-0.05, 0) is 164 Å². The van der Waals surface area contributed by atoms with Crippen molar-refractivity contribution in [2.24, 2.45) is 0 Å². The van der Waals surface area contributed by atoms with Gasteiger partial charge in [0.05, 0.1) is 0 Å². The van der Waals surface area contributed by atoms with Crippen molar-refractivity contribution in [1.82, 2.24) is 0 Å². The van der Waals surface area contributed by atoms with E-state index in [1.54, 1.807) is 0 Å². The Balaban J connectivity index is 0.000000179. The summed E-state index contributed by atoms with van der Waals surface area (Å²) in [6.07, 6.45) is 0. The number of fused-ring (bicyclic) bond motifs is 5. The van der Waals surface area contributed by atoms with Crippen LogP contribution in [-0.2, 0) is 54.1 Å². The highest BCUT2D eigenvalue weighted by Crippen LogP contribution is 2.41. The largest absolute Gasteiger partial charge is 0.0616 e. The molecule has 0 aliphatic carbocycles. The van der Waals surface area contributed by atoms with Crippen LogP contribution in [0.15, 0.2) is 182 Å². The van der Waals surface area contributed by atoms with Crippen LogP contribution in [0.3, 0.4) is 0 Å². The zero-order valence-corrected chi connectivity index (χ0v) is 62.3. The van der Waals surface area contributed by atoms with Crippen molar-refractivity contribution in [1.29, 1.82) is 0 Å². The van der Waals surface area contributed by atoms with Crippen LogP contribution < -0.4 is 0 Å². The smallest absolute Gasteiger partial charge is 0.0123 e. The van der Waals surface area contributed by atoms with Crippen molar-refractivity contribution in [2.45, 2.75) is 262 Å². The van der Waals surface area contributed by atoms with Crippen LogP contribution in [0.5, 0.6) is 0 Å². The molecule has 0 saturated heterocycles. The monoisotopic (exact) mass is 1200 g/mol.